The zero-order valence-corrected chi connectivity index (χ0v) is 10.2. The molecule has 0 heterocycles. The smallest absolute Gasteiger partial charge is 0.193 e. The molecule has 0 saturated heterocycles. The minimum Gasteiger partial charge on any atom is -0.370 e. The minimum absolute atomic E-state index is 0.312. The Labute approximate surface area is 99.3 Å². The van der Waals surface area contributed by atoms with E-state index >= 15 is 0 Å². The van der Waals surface area contributed by atoms with Crippen LogP contribution in [0.3, 0.4) is 0 Å². The molecule has 5 heteroatoms. The topological polar surface area (TPSA) is 50.4 Å². The second kappa shape index (κ2) is 5.24. The Morgan fingerprint density at radius 3 is 2.73 bits per heavy atom. The lowest BCUT2D eigenvalue weighted by molar-refractivity contribution is 1.12. The van der Waals surface area contributed by atoms with Crippen LogP contribution in [0.5, 0.6) is 0 Å². The highest BCUT2D eigenvalue weighted by Gasteiger charge is 2.08. The molecule has 0 aliphatic heterocycles. The highest BCUT2D eigenvalue weighted by Crippen LogP contribution is 2.32. The van der Waals surface area contributed by atoms with Crippen LogP contribution in [-0.4, -0.2) is 12.5 Å². The predicted octanol–water partition coefficient (Wildman–Crippen LogP) is 3.05. The van der Waals surface area contributed by atoms with E-state index in [1.165, 1.54) is 0 Å². The van der Waals surface area contributed by atoms with Crippen molar-refractivity contribution in [2.75, 3.05) is 11.9 Å². The summed E-state index contributed by atoms with van der Waals surface area (Å²) in [6.07, 6.45) is 0. The first-order valence-corrected chi connectivity index (χ1v) is 5.33. The molecule has 0 atom stereocenters. The minimum atomic E-state index is 0.312. The van der Waals surface area contributed by atoms with Crippen molar-refractivity contribution in [3.05, 3.63) is 27.7 Å². The van der Waals surface area contributed by atoms with E-state index in [4.69, 9.17) is 28.9 Å². The number of anilines is 1. The molecule has 1 aromatic carbocycles. The maximum Gasteiger partial charge on any atom is 0.193 e. The molecule has 1 aromatic rings. The maximum absolute atomic E-state index is 6.09. The predicted molar refractivity (Wildman–Crippen MR) is 67.0 cm³/mol. The van der Waals surface area contributed by atoms with E-state index in [0.29, 0.717) is 28.2 Å². The van der Waals surface area contributed by atoms with Crippen LogP contribution in [0.4, 0.5) is 5.69 Å². The summed E-state index contributed by atoms with van der Waals surface area (Å²) in [4.78, 5) is 4.00. The third kappa shape index (κ3) is 3.01. The van der Waals surface area contributed by atoms with Crippen molar-refractivity contribution in [3.63, 3.8) is 0 Å². The number of benzene rings is 1. The number of nitrogens with two attached hydrogens (primary N) is 1. The standard InChI is InChI=1S/C10H13Cl2N3/c1-3-14-10(13)15-9-7(11)5-4-6(2)8(9)12/h4-5H,3H2,1-2H3,(H3,13,14,15). The second-order valence-electron chi connectivity index (χ2n) is 3.04. The number of nitrogens with one attached hydrogen (secondary N) is 1. The summed E-state index contributed by atoms with van der Waals surface area (Å²) < 4.78 is 0. The van der Waals surface area contributed by atoms with Crippen LogP contribution in [-0.2, 0) is 0 Å². The van der Waals surface area contributed by atoms with Crippen LogP contribution < -0.4 is 11.1 Å². The normalized spacial score (nSPS) is 11.6. The summed E-state index contributed by atoms with van der Waals surface area (Å²) in [5.74, 6) is 0.312. The lowest BCUT2D eigenvalue weighted by Gasteiger charge is -2.11. The molecular weight excluding hydrogens is 233 g/mol. The monoisotopic (exact) mass is 245 g/mol. The first kappa shape index (κ1) is 12.1. The fourth-order valence-corrected chi connectivity index (χ4v) is 1.57. The van der Waals surface area contributed by atoms with Gasteiger partial charge in [-0.25, -0.2) is 0 Å². The van der Waals surface area contributed by atoms with Gasteiger partial charge in [0, 0.05) is 6.54 Å². The van der Waals surface area contributed by atoms with Gasteiger partial charge in [0.1, 0.15) is 0 Å². The summed E-state index contributed by atoms with van der Waals surface area (Å²) in [5, 5.41) is 3.98. The Bertz CT molecular complexity index is 388. The van der Waals surface area contributed by atoms with Crippen molar-refractivity contribution in [3.8, 4) is 0 Å². The van der Waals surface area contributed by atoms with Gasteiger partial charge in [-0.1, -0.05) is 29.3 Å². The van der Waals surface area contributed by atoms with E-state index in [9.17, 15) is 0 Å². The Balaban J connectivity index is 3.04. The van der Waals surface area contributed by atoms with E-state index in [2.05, 4.69) is 10.3 Å². The lowest BCUT2D eigenvalue weighted by Crippen LogP contribution is -2.23. The van der Waals surface area contributed by atoms with Gasteiger partial charge in [-0.05, 0) is 25.5 Å². The number of hydrogen-bond acceptors (Lipinski definition) is 1. The number of guanidine groups is 1. The quantitative estimate of drug-likeness (QED) is 0.622. The molecule has 3 N–H and O–H groups in total. The second-order valence-corrected chi connectivity index (χ2v) is 3.82. The lowest BCUT2D eigenvalue weighted by atomic mass is 10.2. The molecule has 0 amide bonds. The van der Waals surface area contributed by atoms with Gasteiger partial charge in [0.2, 0.25) is 0 Å². The Morgan fingerprint density at radius 1 is 1.47 bits per heavy atom. The number of aryl methyl sites for hydroxylation is 1. The van der Waals surface area contributed by atoms with Crippen LogP contribution in [0, 0.1) is 6.92 Å². The molecule has 0 aliphatic carbocycles. The van der Waals surface area contributed by atoms with Gasteiger partial charge in [-0.15, -0.1) is 0 Å². The number of nitrogens with zero attached hydrogens (tertiary/aromatic N) is 1. The van der Waals surface area contributed by atoms with Crippen molar-refractivity contribution in [2.24, 2.45) is 10.7 Å². The van der Waals surface area contributed by atoms with Crippen molar-refractivity contribution in [1.29, 1.82) is 0 Å². The first-order chi connectivity index (χ1) is 7.06. The number of rotatable bonds is 2. The summed E-state index contributed by atoms with van der Waals surface area (Å²) in [5.41, 5.74) is 7.17. The zero-order valence-electron chi connectivity index (χ0n) is 8.64. The number of aliphatic imine (C=N–C) groups is 1. The number of hydrogen-bond donors (Lipinski definition) is 2. The van der Waals surface area contributed by atoms with Crippen molar-refractivity contribution < 1.29 is 0 Å². The van der Waals surface area contributed by atoms with Crippen LogP contribution in [0.1, 0.15) is 12.5 Å². The molecule has 1 rings (SSSR count). The van der Waals surface area contributed by atoms with Gasteiger partial charge in [-0.3, -0.25) is 4.99 Å². The van der Waals surface area contributed by atoms with E-state index in [1.54, 1.807) is 6.07 Å². The molecule has 3 nitrogen and oxygen atoms in total. The average molecular weight is 246 g/mol. The van der Waals surface area contributed by atoms with Crippen LogP contribution >= 0.6 is 23.2 Å². The van der Waals surface area contributed by atoms with Gasteiger partial charge < -0.3 is 11.1 Å². The van der Waals surface area contributed by atoms with Crippen LogP contribution in [0.25, 0.3) is 0 Å². The van der Waals surface area contributed by atoms with E-state index < -0.39 is 0 Å². The molecule has 0 aromatic heterocycles. The molecular formula is C10H13Cl2N3. The molecule has 0 bridgehead atoms. The number of halogens is 2. The fraction of sp³-hybridized carbons (Fsp3) is 0.300. The molecule has 82 valence electrons. The van der Waals surface area contributed by atoms with Crippen molar-refractivity contribution >= 4 is 34.8 Å². The molecule has 0 spiro atoms. The molecule has 0 fully saturated rings. The first-order valence-electron chi connectivity index (χ1n) is 4.57. The summed E-state index contributed by atoms with van der Waals surface area (Å²) in [7, 11) is 0. The summed E-state index contributed by atoms with van der Waals surface area (Å²) in [6.45, 7) is 4.41. The van der Waals surface area contributed by atoms with Gasteiger partial charge >= 0.3 is 0 Å². The van der Waals surface area contributed by atoms with Gasteiger partial charge in [0.25, 0.3) is 0 Å². The molecule has 0 unspecified atom stereocenters. The van der Waals surface area contributed by atoms with Gasteiger partial charge in [0.15, 0.2) is 5.96 Å². The molecule has 0 saturated carbocycles. The Kier molecular flexibility index (Phi) is 4.24. The highest BCUT2D eigenvalue weighted by atomic mass is 35.5. The van der Waals surface area contributed by atoms with E-state index in [-0.39, 0.29) is 0 Å². The van der Waals surface area contributed by atoms with Crippen LogP contribution in [0.2, 0.25) is 10.0 Å². The molecule has 0 aliphatic rings. The highest BCUT2D eigenvalue weighted by molar-refractivity contribution is 6.40. The maximum atomic E-state index is 6.09. The van der Waals surface area contributed by atoms with E-state index in [1.807, 2.05) is 19.9 Å². The van der Waals surface area contributed by atoms with Crippen molar-refractivity contribution in [2.45, 2.75) is 13.8 Å². The average Bonchev–Trinajstić information content (AvgIpc) is 2.19. The van der Waals surface area contributed by atoms with Gasteiger partial charge in [-0.2, -0.15) is 0 Å². The fourth-order valence-electron chi connectivity index (χ4n) is 1.11. The van der Waals surface area contributed by atoms with Gasteiger partial charge in [0.05, 0.1) is 15.7 Å². The third-order valence-electron chi connectivity index (χ3n) is 1.87. The molecule has 0 radical (unpaired) electrons. The summed E-state index contributed by atoms with van der Waals surface area (Å²) in [6, 6.07) is 3.62. The Morgan fingerprint density at radius 2 is 2.13 bits per heavy atom. The SMILES string of the molecule is CCN=C(N)Nc1c(Cl)ccc(C)c1Cl. The van der Waals surface area contributed by atoms with Crippen molar-refractivity contribution in [1.82, 2.24) is 0 Å². The van der Waals surface area contributed by atoms with E-state index in [0.717, 1.165) is 5.56 Å². The van der Waals surface area contributed by atoms with Crippen LogP contribution in [0.15, 0.2) is 17.1 Å². The molecule has 15 heavy (non-hydrogen) atoms. The Hall–Kier alpha value is -0.930. The summed E-state index contributed by atoms with van der Waals surface area (Å²) >= 11 is 12.1. The third-order valence-corrected chi connectivity index (χ3v) is 2.67. The largest absolute Gasteiger partial charge is 0.370 e. The zero-order chi connectivity index (χ0) is 11.4.